The maximum atomic E-state index is 13.3. The predicted molar refractivity (Wildman–Crippen MR) is 153 cm³/mol. The van der Waals surface area contributed by atoms with E-state index in [0.29, 0.717) is 11.5 Å². The van der Waals surface area contributed by atoms with Gasteiger partial charge in [0.2, 0.25) is 5.75 Å². The fourth-order valence-corrected chi connectivity index (χ4v) is 4.61. The lowest BCUT2D eigenvalue weighted by Gasteiger charge is -2.19. The quantitative estimate of drug-likeness (QED) is 0.224. The van der Waals surface area contributed by atoms with E-state index in [-0.39, 0.29) is 47.0 Å². The minimum atomic E-state index is -4.03. The summed E-state index contributed by atoms with van der Waals surface area (Å²) in [6.07, 6.45) is 5.40. The number of aryl methyl sites for hydroxylation is 1. The molecule has 11 nitrogen and oxygen atoms in total. The van der Waals surface area contributed by atoms with Crippen molar-refractivity contribution in [2.75, 3.05) is 25.0 Å². The molecule has 0 bridgehead atoms. The van der Waals surface area contributed by atoms with Gasteiger partial charge in [0.25, 0.3) is 15.9 Å². The SMILES string of the molecule is CCc1cnc(OCCOc2ncnc(NS(=O)(=O)c3ccc(C(C)(C)C)cc3)c2Oc2cccc(OC)c2)nc1. The summed E-state index contributed by atoms with van der Waals surface area (Å²) >= 11 is 0. The zero-order chi connectivity index (χ0) is 29.5. The number of ether oxygens (including phenoxy) is 4. The lowest BCUT2D eigenvalue weighted by molar-refractivity contribution is 0.197. The van der Waals surface area contributed by atoms with Crippen LogP contribution in [0.2, 0.25) is 0 Å². The van der Waals surface area contributed by atoms with Gasteiger partial charge < -0.3 is 18.9 Å². The number of hydrogen-bond donors (Lipinski definition) is 1. The van der Waals surface area contributed by atoms with Gasteiger partial charge in [-0.25, -0.2) is 23.4 Å². The smallest absolute Gasteiger partial charge is 0.316 e. The van der Waals surface area contributed by atoms with E-state index >= 15 is 0 Å². The highest BCUT2D eigenvalue weighted by molar-refractivity contribution is 7.92. The molecule has 0 aliphatic rings. The van der Waals surface area contributed by atoms with E-state index in [4.69, 9.17) is 18.9 Å². The molecule has 0 fully saturated rings. The van der Waals surface area contributed by atoms with Gasteiger partial charge in [-0.15, -0.1) is 0 Å². The highest BCUT2D eigenvalue weighted by Gasteiger charge is 2.23. The van der Waals surface area contributed by atoms with Crippen LogP contribution in [-0.2, 0) is 21.9 Å². The summed E-state index contributed by atoms with van der Waals surface area (Å²) in [5.74, 6) is 0.788. The summed E-state index contributed by atoms with van der Waals surface area (Å²) in [5, 5.41) is 0. The van der Waals surface area contributed by atoms with Gasteiger partial charge in [0.15, 0.2) is 5.82 Å². The van der Waals surface area contributed by atoms with Crippen LogP contribution < -0.4 is 23.7 Å². The molecule has 0 aliphatic carbocycles. The van der Waals surface area contributed by atoms with Crippen LogP contribution in [0.25, 0.3) is 0 Å². The van der Waals surface area contributed by atoms with E-state index in [2.05, 4.69) is 45.4 Å². The molecule has 216 valence electrons. The van der Waals surface area contributed by atoms with Crippen LogP contribution in [0, 0.1) is 0 Å². The molecule has 0 radical (unpaired) electrons. The van der Waals surface area contributed by atoms with Crippen molar-refractivity contribution in [3.63, 3.8) is 0 Å². The molecule has 2 aromatic carbocycles. The molecule has 0 spiro atoms. The van der Waals surface area contributed by atoms with Gasteiger partial charge in [-0.3, -0.25) is 4.72 Å². The van der Waals surface area contributed by atoms with Crippen LogP contribution in [0.1, 0.15) is 38.8 Å². The summed E-state index contributed by atoms with van der Waals surface area (Å²) in [5.41, 5.74) is 1.88. The van der Waals surface area contributed by atoms with E-state index in [1.54, 1.807) is 60.9 Å². The second-order valence-corrected chi connectivity index (χ2v) is 11.6. The number of aromatic nitrogens is 4. The van der Waals surface area contributed by atoms with Gasteiger partial charge >= 0.3 is 6.01 Å². The first kappa shape index (κ1) is 29.5. The first-order valence-electron chi connectivity index (χ1n) is 13.0. The molecule has 12 heteroatoms. The van der Waals surface area contributed by atoms with Crippen LogP contribution in [0.15, 0.2) is 72.1 Å². The normalized spacial score (nSPS) is 11.5. The first-order chi connectivity index (χ1) is 19.6. The third-order valence-electron chi connectivity index (χ3n) is 5.94. The summed E-state index contributed by atoms with van der Waals surface area (Å²) in [7, 11) is -2.50. The number of methoxy groups -OCH3 is 1. The Bertz CT molecular complexity index is 1560. The van der Waals surface area contributed by atoms with E-state index < -0.39 is 10.0 Å². The number of anilines is 1. The number of rotatable bonds is 12. The largest absolute Gasteiger partial charge is 0.497 e. The van der Waals surface area contributed by atoms with Gasteiger partial charge in [0.1, 0.15) is 31.0 Å². The fourth-order valence-electron chi connectivity index (χ4n) is 3.60. The Labute approximate surface area is 240 Å². The van der Waals surface area contributed by atoms with Crippen molar-refractivity contribution in [2.24, 2.45) is 0 Å². The zero-order valence-electron chi connectivity index (χ0n) is 23.6. The predicted octanol–water partition coefficient (Wildman–Crippen LogP) is 5.19. The van der Waals surface area contributed by atoms with E-state index in [0.717, 1.165) is 17.5 Å². The molecule has 0 unspecified atom stereocenters. The fraction of sp³-hybridized carbons (Fsp3) is 0.310. The van der Waals surface area contributed by atoms with Crippen LogP contribution in [-0.4, -0.2) is 48.7 Å². The number of sulfonamides is 1. The second kappa shape index (κ2) is 12.8. The number of benzene rings is 2. The van der Waals surface area contributed by atoms with Crippen LogP contribution in [0.5, 0.6) is 29.1 Å². The molecule has 0 aliphatic heterocycles. The Morgan fingerprint density at radius 3 is 2.22 bits per heavy atom. The molecular formula is C29H33N5O6S. The Balaban J connectivity index is 1.57. The minimum absolute atomic E-state index is 0.00875. The van der Waals surface area contributed by atoms with Crippen molar-refractivity contribution in [2.45, 2.75) is 44.4 Å². The number of nitrogens with one attached hydrogen (secondary N) is 1. The average molecular weight is 580 g/mol. The second-order valence-electron chi connectivity index (χ2n) is 9.94. The summed E-state index contributed by atoms with van der Waals surface area (Å²) in [6.45, 7) is 8.33. The maximum Gasteiger partial charge on any atom is 0.316 e. The lowest BCUT2D eigenvalue weighted by atomic mass is 9.87. The Hall–Kier alpha value is -4.45. The zero-order valence-corrected chi connectivity index (χ0v) is 24.4. The van der Waals surface area contributed by atoms with Gasteiger partial charge in [0, 0.05) is 18.5 Å². The molecule has 4 rings (SSSR count). The van der Waals surface area contributed by atoms with Crippen LogP contribution in [0.4, 0.5) is 5.82 Å². The first-order valence-corrected chi connectivity index (χ1v) is 14.4. The lowest BCUT2D eigenvalue weighted by Crippen LogP contribution is -2.17. The number of hydrogen-bond acceptors (Lipinski definition) is 10. The van der Waals surface area contributed by atoms with E-state index in [1.165, 1.54) is 13.4 Å². The summed E-state index contributed by atoms with van der Waals surface area (Å²) in [6, 6.07) is 13.7. The Morgan fingerprint density at radius 1 is 0.878 bits per heavy atom. The highest BCUT2D eigenvalue weighted by Crippen LogP contribution is 2.37. The summed E-state index contributed by atoms with van der Waals surface area (Å²) in [4.78, 5) is 16.7. The maximum absolute atomic E-state index is 13.3. The molecule has 2 heterocycles. The monoisotopic (exact) mass is 579 g/mol. The molecule has 0 amide bonds. The topological polar surface area (TPSA) is 135 Å². The third-order valence-corrected chi connectivity index (χ3v) is 7.29. The van der Waals surface area contributed by atoms with Crippen LogP contribution in [0.3, 0.4) is 0 Å². The Morgan fingerprint density at radius 2 is 1.56 bits per heavy atom. The minimum Gasteiger partial charge on any atom is -0.497 e. The van der Waals surface area contributed by atoms with Gasteiger partial charge in [-0.1, -0.05) is 45.9 Å². The highest BCUT2D eigenvalue weighted by atomic mass is 32.2. The molecule has 2 aromatic heterocycles. The van der Waals surface area contributed by atoms with Crippen molar-refractivity contribution in [1.82, 2.24) is 19.9 Å². The van der Waals surface area contributed by atoms with Crippen molar-refractivity contribution in [3.8, 4) is 29.1 Å². The van der Waals surface area contributed by atoms with Gasteiger partial charge in [-0.2, -0.15) is 4.98 Å². The molecule has 41 heavy (non-hydrogen) atoms. The standard InChI is InChI=1S/C29H33N5O6S/c1-6-20-17-30-28(31-18-20)39-15-14-38-27-25(40-23-9-7-8-22(16-23)37-5)26(32-19-33-27)34-41(35,36)24-12-10-21(11-13-24)29(2,3)4/h7-13,16-19H,6,14-15H2,1-5H3,(H,32,33,34). The van der Waals surface area contributed by atoms with Crippen molar-refractivity contribution < 1.29 is 27.4 Å². The van der Waals surface area contributed by atoms with Gasteiger partial charge in [0.05, 0.1) is 12.0 Å². The molecule has 0 saturated heterocycles. The molecule has 0 atom stereocenters. The van der Waals surface area contributed by atoms with E-state index in [1.807, 2.05) is 6.92 Å². The molecule has 4 aromatic rings. The van der Waals surface area contributed by atoms with Crippen molar-refractivity contribution >= 4 is 15.8 Å². The van der Waals surface area contributed by atoms with Gasteiger partial charge in [-0.05, 0) is 47.2 Å². The molecule has 1 N–H and O–H groups in total. The summed E-state index contributed by atoms with van der Waals surface area (Å²) < 4.78 is 51.9. The number of nitrogens with zero attached hydrogens (tertiary/aromatic N) is 4. The average Bonchev–Trinajstić information content (AvgIpc) is 2.96. The molecular weight excluding hydrogens is 546 g/mol. The third kappa shape index (κ3) is 7.82. The molecule has 0 saturated carbocycles. The Kier molecular flexibility index (Phi) is 9.23. The van der Waals surface area contributed by atoms with Crippen LogP contribution >= 0.6 is 0 Å². The van der Waals surface area contributed by atoms with E-state index in [9.17, 15) is 8.42 Å². The van der Waals surface area contributed by atoms with Crippen molar-refractivity contribution in [1.29, 1.82) is 0 Å². The van der Waals surface area contributed by atoms with Crippen molar-refractivity contribution in [3.05, 3.63) is 78.4 Å².